The molecule has 0 radical (unpaired) electrons. The SMILES string of the molecule is CCN(CC)CCn1c(-c2ccc(OC)cc2)nc2ccccc21. The summed E-state index contributed by atoms with van der Waals surface area (Å²) in [6, 6.07) is 16.5. The van der Waals surface area contributed by atoms with Crippen LogP contribution in [0.15, 0.2) is 48.5 Å². The summed E-state index contributed by atoms with van der Waals surface area (Å²) in [4.78, 5) is 7.31. The fraction of sp³-hybridized carbons (Fsp3) is 0.350. The number of likely N-dealkylation sites (N-methyl/N-ethyl adjacent to an activating group) is 1. The van der Waals surface area contributed by atoms with Gasteiger partial charge in [-0.05, 0) is 49.5 Å². The van der Waals surface area contributed by atoms with E-state index >= 15 is 0 Å². The van der Waals surface area contributed by atoms with Crippen LogP contribution in [0.4, 0.5) is 0 Å². The third-order valence-electron chi connectivity index (χ3n) is 4.54. The molecule has 0 aliphatic rings. The summed E-state index contributed by atoms with van der Waals surface area (Å²) in [7, 11) is 1.69. The number of nitrogens with zero attached hydrogens (tertiary/aromatic N) is 3. The lowest BCUT2D eigenvalue weighted by Crippen LogP contribution is -2.27. The lowest BCUT2D eigenvalue weighted by molar-refractivity contribution is 0.292. The minimum atomic E-state index is 0.865. The molecule has 1 aromatic heterocycles. The standard InChI is InChI=1S/C20H25N3O/c1-4-22(5-2)14-15-23-19-9-7-6-8-18(19)21-20(23)16-10-12-17(24-3)13-11-16/h6-13H,4-5,14-15H2,1-3H3. The number of ether oxygens (including phenoxy) is 1. The lowest BCUT2D eigenvalue weighted by Gasteiger charge is -2.19. The average molecular weight is 323 g/mol. The summed E-state index contributed by atoms with van der Waals surface area (Å²) in [5, 5.41) is 0. The van der Waals surface area contributed by atoms with Crippen LogP contribution in [-0.2, 0) is 6.54 Å². The molecule has 126 valence electrons. The molecule has 0 saturated carbocycles. The Balaban J connectivity index is 2.00. The van der Waals surface area contributed by atoms with E-state index in [4.69, 9.17) is 9.72 Å². The van der Waals surface area contributed by atoms with Gasteiger partial charge < -0.3 is 14.2 Å². The number of benzene rings is 2. The quantitative estimate of drug-likeness (QED) is 0.657. The molecule has 1 heterocycles. The third kappa shape index (κ3) is 3.29. The summed E-state index contributed by atoms with van der Waals surface area (Å²) in [5.74, 6) is 1.88. The Bertz CT molecular complexity index is 788. The van der Waals surface area contributed by atoms with Crippen LogP contribution in [0.1, 0.15) is 13.8 Å². The normalized spacial score (nSPS) is 11.3. The Morgan fingerprint density at radius 3 is 2.38 bits per heavy atom. The number of para-hydroxylation sites is 2. The Hall–Kier alpha value is -2.33. The van der Waals surface area contributed by atoms with Gasteiger partial charge in [-0.25, -0.2) is 4.98 Å². The molecule has 0 amide bonds. The fourth-order valence-electron chi connectivity index (χ4n) is 3.04. The molecule has 0 atom stereocenters. The Kier molecular flexibility index (Phi) is 5.16. The molecular formula is C20H25N3O. The van der Waals surface area contributed by atoms with Crippen LogP contribution >= 0.6 is 0 Å². The second-order valence-electron chi connectivity index (χ2n) is 5.83. The lowest BCUT2D eigenvalue weighted by atomic mass is 10.2. The van der Waals surface area contributed by atoms with Crippen molar-refractivity contribution < 1.29 is 4.74 Å². The van der Waals surface area contributed by atoms with Gasteiger partial charge in [0.05, 0.1) is 18.1 Å². The maximum atomic E-state index is 5.27. The minimum Gasteiger partial charge on any atom is -0.497 e. The van der Waals surface area contributed by atoms with Gasteiger partial charge in [0, 0.05) is 18.7 Å². The minimum absolute atomic E-state index is 0.865. The van der Waals surface area contributed by atoms with Crippen LogP contribution in [0.3, 0.4) is 0 Å². The van der Waals surface area contributed by atoms with E-state index in [0.29, 0.717) is 0 Å². The van der Waals surface area contributed by atoms with E-state index in [0.717, 1.165) is 48.8 Å². The van der Waals surface area contributed by atoms with Gasteiger partial charge in [-0.1, -0.05) is 26.0 Å². The van der Waals surface area contributed by atoms with E-state index < -0.39 is 0 Å². The van der Waals surface area contributed by atoms with Crippen LogP contribution < -0.4 is 4.74 Å². The number of rotatable bonds is 7. The highest BCUT2D eigenvalue weighted by molar-refractivity contribution is 5.80. The van der Waals surface area contributed by atoms with E-state index in [1.54, 1.807) is 7.11 Å². The van der Waals surface area contributed by atoms with Crippen molar-refractivity contribution in [3.05, 3.63) is 48.5 Å². The molecule has 4 heteroatoms. The van der Waals surface area contributed by atoms with Gasteiger partial charge in [-0.15, -0.1) is 0 Å². The predicted molar refractivity (Wildman–Crippen MR) is 99.5 cm³/mol. The highest BCUT2D eigenvalue weighted by atomic mass is 16.5. The Morgan fingerprint density at radius 1 is 1.00 bits per heavy atom. The largest absolute Gasteiger partial charge is 0.497 e. The zero-order valence-electron chi connectivity index (χ0n) is 14.7. The number of hydrogen-bond donors (Lipinski definition) is 0. The van der Waals surface area contributed by atoms with Crippen molar-refractivity contribution in [3.63, 3.8) is 0 Å². The number of aromatic nitrogens is 2. The van der Waals surface area contributed by atoms with Gasteiger partial charge in [-0.2, -0.15) is 0 Å². The second kappa shape index (κ2) is 7.49. The molecule has 3 rings (SSSR count). The number of methoxy groups -OCH3 is 1. The first-order chi connectivity index (χ1) is 11.8. The predicted octanol–water partition coefficient (Wildman–Crippen LogP) is 4.05. The summed E-state index contributed by atoms with van der Waals surface area (Å²) in [5.41, 5.74) is 3.35. The maximum absolute atomic E-state index is 5.27. The topological polar surface area (TPSA) is 30.3 Å². The Labute approximate surface area is 143 Å². The van der Waals surface area contributed by atoms with E-state index in [-0.39, 0.29) is 0 Å². The molecule has 0 N–H and O–H groups in total. The third-order valence-corrected chi connectivity index (χ3v) is 4.54. The van der Waals surface area contributed by atoms with Crippen molar-refractivity contribution in [3.8, 4) is 17.1 Å². The second-order valence-corrected chi connectivity index (χ2v) is 5.83. The zero-order valence-corrected chi connectivity index (χ0v) is 14.7. The van der Waals surface area contributed by atoms with Crippen LogP contribution in [0.5, 0.6) is 5.75 Å². The van der Waals surface area contributed by atoms with Crippen molar-refractivity contribution in [2.24, 2.45) is 0 Å². The van der Waals surface area contributed by atoms with Gasteiger partial charge in [0.15, 0.2) is 0 Å². The van der Waals surface area contributed by atoms with Crippen molar-refractivity contribution >= 4 is 11.0 Å². The van der Waals surface area contributed by atoms with Crippen molar-refractivity contribution in [2.75, 3.05) is 26.7 Å². The molecule has 0 aliphatic heterocycles. The first-order valence-electron chi connectivity index (χ1n) is 8.58. The fourth-order valence-corrected chi connectivity index (χ4v) is 3.04. The molecule has 0 aliphatic carbocycles. The highest BCUT2D eigenvalue weighted by Gasteiger charge is 2.13. The molecule has 3 aromatic rings. The monoisotopic (exact) mass is 323 g/mol. The van der Waals surface area contributed by atoms with E-state index in [1.165, 1.54) is 5.52 Å². The highest BCUT2D eigenvalue weighted by Crippen LogP contribution is 2.26. The van der Waals surface area contributed by atoms with Gasteiger partial charge in [-0.3, -0.25) is 0 Å². The van der Waals surface area contributed by atoms with Crippen molar-refractivity contribution in [2.45, 2.75) is 20.4 Å². The van der Waals surface area contributed by atoms with Crippen molar-refractivity contribution in [1.29, 1.82) is 0 Å². The molecule has 0 unspecified atom stereocenters. The smallest absolute Gasteiger partial charge is 0.141 e. The van der Waals surface area contributed by atoms with Gasteiger partial charge in [0.1, 0.15) is 11.6 Å². The first-order valence-corrected chi connectivity index (χ1v) is 8.58. The molecule has 0 bridgehead atoms. The van der Waals surface area contributed by atoms with Crippen LogP contribution in [0, 0.1) is 0 Å². The van der Waals surface area contributed by atoms with E-state index in [9.17, 15) is 0 Å². The molecule has 4 nitrogen and oxygen atoms in total. The number of imidazole rings is 1. The first kappa shape index (κ1) is 16.5. The maximum Gasteiger partial charge on any atom is 0.141 e. The Morgan fingerprint density at radius 2 is 1.71 bits per heavy atom. The average Bonchev–Trinajstić information content (AvgIpc) is 3.01. The number of hydrogen-bond acceptors (Lipinski definition) is 3. The summed E-state index contributed by atoms with van der Waals surface area (Å²) in [6.07, 6.45) is 0. The summed E-state index contributed by atoms with van der Waals surface area (Å²) < 4.78 is 7.60. The van der Waals surface area contributed by atoms with Crippen LogP contribution in [0.2, 0.25) is 0 Å². The number of fused-ring (bicyclic) bond motifs is 1. The summed E-state index contributed by atoms with van der Waals surface area (Å²) in [6.45, 7) is 8.52. The molecule has 24 heavy (non-hydrogen) atoms. The molecular weight excluding hydrogens is 298 g/mol. The zero-order chi connectivity index (χ0) is 16.9. The van der Waals surface area contributed by atoms with Crippen LogP contribution in [0.25, 0.3) is 22.4 Å². The molecule has 2 aromatic carbocycles. The van der Waals surface area contributed by atoms with Gasteiger partial charge >= 0.3 is 0 Å². The van der Waals surface area contributed by atoms with E-state index in [1.807, 2.05) is 18.2 Å². The van der Waals surface area contributed by atoms with Gasteiger partial charge in [0.2, 0.25) is 0 Å². The summed E-state index contributed by atoms with van der Waals surface area (Å²) >= 11 is 0. The van der Waals surface area contributed by atoms with E-state index in [2.05, 4.69) is 53.6 Å². The van der Waals surface area contributed by atoms with Gasteiger partial charge in [0.25, 0.3) is 0 Å². The molecule has 0 spiro atoms. The van der Waals surface area contributed by atoms with Crippen molar-refractivity contribution in [1.82, 2.24) is 14.5 Å². The molecule has 0 saturated heterocycles. The molecule has 0 fully saturated rings. The van der Waals surface area contributed by atoms with Crippen LogP contribution in [-0.4, -0.2) is 41.2 Å².